The van der Waals surface area contributed by atoms with Crippen molar-refractivity contribution in [1.82, 2.24) is 0 Å². The van der Waals surface area contributed by atoms with Crippen molar-refractivity contribution in [3.05, 3.63) is 29.3 Å². The van der Waals surface area contributed by atoms with Gasteiger partial charge in [-0.15, -0.1) is 0 Å². The molecule has 78 valence electrons. The second-order valence-electron chi connectivity index (χ2n) is 3.41. The van der Waals surface area contributed by atoms with Crippen molar-refractivity contribution < 1.29 is 13.5 Å². The first-order valence-electron chi connectivity index (χ1n) is 4.35. The van der Waals surface area contributed by atoms with Gasteiger partial charge in [0.2, 0.25) is 9.84 Å². The fourth-order valence-corrected chi connectivity index (χ4v) is 2.44. The lowest BCUT2D eigenvalue weighted by atomic mass is 10.2. The van der Waals surface area contributed by atoms with Gasteiger partial charge in [0, 0.05) is 0 Å². The third-order valence-corrected chi connectivity index (χ3v) is 4.06. The van der Waals surface area contributed by atoms with Crippen LogP contribution in [-0.4, -0.2) is 19.0 Å². The van der Waals surface area contributed by atoms with Gasteiger partial charge in [-0.25, -0.2) is 8.42 Å². The van der Waals surface area contributed by atoms with E-state index in [9.17, 15) is 8.42 Å². The third-order valence-electron chi connectivity index (χ3n) is 2.09. The van der Waals surface area contributed by atoms with E-state index in [2.05, 4.69) is 0 Å². The summed E-state index contributed by atoms with van der Waals surface area (Å²) in [7, 11) is -3.57. The highest BCUT2D eigenvalue weighted by Gasteiger charge is 2.22. The highest BCUT2D eigenvalue weighted by atomic mass is 32.2. The molecule has 3 nitrogen and oxygen atoms in total. The van der Waals surface area contributed by atoms with Gasteiger partial charge in [0.25, 0.3) is 0 Å². The largest absolute Gasteiger partial charge is 0.377 e. The Balaban J connectivity index is 3.35. The lowest BCUT2D eigenvalue weighted by Crippen LogP contribution is -2.17. The van der Waals surface area contributed by atoms with Gasteiger partial charge in [0.15, 0.2) is 5.44 Å². The van der Waals surface area contributed by atoms with E-state index >= 15 is 0 Å². The van der Waals surface area contributed by atoms with Crippen molar-refractivity contribution in [2.45, 2.75) is 31.1 Å². The number of rotatable bonds is 2. The van der Waals surface area contributed by atoms with Gasteiger partial charge in [-0.2, -0.15) is 0 Å². The molecule has 4 heteroatoms. The molecule has 0 heterocycles. The van der Waals surface area contributed by atoms with Crippen LogP contribution in [0.15, 0.2) is 23.1 Å². The first-order chi connectivity index (χ1) is 6.35. The maximum atomic E-state index is 11.6. The quantitative estimate of drug-likeness (QED) is 0.810. The molecule has 0 aliphatic heterocycles. The van der Waals surface area contributed by atoms with E-state index in [0.717, 1.165) is 5.56 Å². The van der Waals surface area contributed by atoms with Crippen LogP contribution in [0.25, 0.3) is 0 Å². The number of benzene rings is 1. The lowest BCUT2D eigenvalue weighted by Gasteiger charge is -2.10. The molecule has 0 saturated carbocycles. The summed E-state index contributed by atoms with van der Waals surface area (Å²) >= 11 is 0. The predicted molar refractivity (Wildman–Crippen MR) is 54.8 cm³/mol. The average Bonchev–Trinajstić information content (AvgIpc) is 2.02. The maximum absolute atomic E-state index is 11.6. The normalized spacial score (nSPS) is 14.0. The fraction of sp³-hybridized carbons (Fsp3) is 0.400. The molecular weight excluding hydrogens is 200 g/mol. The Labute approximate surface area is 84.3 Å². The van der Waals surface area contributed by atoms with Gasteiger partial charge >= 0.3 is 0 Å². The minimum absolute atomic E-state index is 0.207. The van der Waals surface area contributed by atoms with Crippen molar-refractivity contribution in [2.24, 2.45) is 0 Å². The summed E-state index contributed by atoms with van der Waals surface area (Å²) < 4.78 is 23.2. The Morgan fingerprint density at radius 1 is 1.29 bits per heavy atom. The van der Waals surface area contributed by atoms with Crippen molar-refractivity contribution in [3.63, 3.8) is 0 Å². The molecule has 0 aliphatic carbocycles. The molecule has 1 atom stereocenters. The summed E-state index contributed by atoms with van der Waals surface area (Å²) in [5.74, 6) is 0. The molecule has 14 heavy (non-hydrogen) atoms. The number of sulfone groups is 1. The zero-order valence-electron chi connectivity index (χ0n) is 8.48. The summed E-state index contributed by atoms with van der Waals surface area (Å²) in [5, 5.41) is 9.14. The Bertz CT molecular complexity index is 433. The van der Waals surface area contributed by atoms with Crippen LogP contribution in [0.3, 0.4) is 0 Å². The van der Waals surface area contributed by atoms with Crippen molar-refractivity contribution in [3.8, 4) is 0 Å². The van der Waals surface area contributed by atoms with E-state index in [4.69, 9.17) is 5.11 Å². The molecule has 0 saturated heterocycles. The van der Waals surface area contributed by atoms with E-state index in [0.29, 0.717) is 5.56 Å². The summed E-state index contributed by atoms with van der Waals surface area (Å²) in [4.78, 5) is 0.207. The topological polar surface area (TPSA) is 54.4 Å². The van der Waals surface area contributed by atoms with Gasteiger partial charge in [0.05, 0.1) is 4.90 Å². The number of hydrogen-bond donors (Lipinski definition) is 1. The number of aryl methyl sites for hydroxylation is 2. The first-order valence-corrected chi connectivity index (χ1v) is 5.89. The summed E-state index contributed by atoms with van der Waals surface area (Å²) in [6.07, 6.45) is 0. The molecule has 0 spiro atoms. The second kappa shape index (κ2) is 3.71. The fourth-order valence-electron chi connectivity index (χ4n) is 1.30. The Morgan fingerprint density at radius 2 is 1.86 bits per heavy atom. The third kappa shape index (κ3) is 1.96. The van der Waals surface area contributed by atoms with Crippen molar-refractivity contribution in [2.75, 3.05) is 0 Å². The molecule has 0 radical (unpaired) electrons. The zero-order chi connectivity index (χ0) is 10.9. The maximum Gasteiger partial charge on any atom is 0.204 e. The van der Waals surface area contributed by atoms with Crippen molar-refractivity contribution >= 4 is 9.84 Å². The molecule has 0 bridgehead atoms. The van der Waals surface area contributed by atoms with Crippen LogP contribution in [0.4, 0.5) is 0 Å². The highest BCUT2D eigenvalue weighted by Crippen LogP contribution is 2.19. The molecule has 1 unspecified atom stereocenters. The second-order valence-corrected chi connectivity index (χ2v) is 5.63. The SMILES string of the molecule is Cc1ccc(S(=O)(=O)C(C)O)c(C)c1. The van der Waals surface area contributed by atoms with E-state index in [1.54, 1.807) is 19.1 Å². The van der Waals surface area contributed by atoms with E-state index in [1.165, 1.54) is 13.0 Å². The van der Waals surface area contributed by atoms with E-state index in [1.807, 2.05) is 6.92 Å². The lowest BCUT2D eigenvalue weighted by molar-refractivity contribution is 0.268. The average molecular weight is 214 g/mol. The van der Waals surface area contributed by atoms with Gasteiger partial charge in [-0.3, -0.25) is 0 Å². The minimum Gasteiger partial charge on any atom is -0.377 e. The molecule has 0 amide bonds. The van der Waals surface area contributed by atoms with Gasteiger partial charge in [-0.05, 0) is 32.4 Å². The van der Waals surface area contributed by atoms with E-state index in [-0.39, 0.29) is 4.90 Å². The molecule has 0 aromatic heterocycles. The summed E-state index contributed by atoms with van der Waals surface area (Å²) in [5.41, 5.74) is 0.321. The molecule has 0 aliphatic rings. The Morgan fingerprint density at radius 3 is 2.29 bits per heavy atom. The molecule has 1 aromatic rings. The van der Waals surface area contributed by atoms with Gasteiger partial charge in [-0.1, -0.05) is 17.7 Å². The number of aliphatic hydroxyl groups excluding tert-OH is 1. The number of aliphatic hydroxyl groups is 1. The standard InChI is InChI=1S/C10H14O3S/c1-7-4-5-10(8(2)6-7)14(12,13)9(3)11/h4-6,9,11H,1-3H3. The molecule has 0 fully saturated rings. The van der Waals surface area contributed by atoms with E-state index < -0.39 is 15.3 Å². The highest BCUT2D eigenvalue weighted by molar-refractivity contribution is 7.91. The smallest absolute Gasteiger partial charge is 0.204 e. The molecule has 1 N–H and O–H groups in total. The van der Waals surface area contributed by atoms with Crippen LogP contribution in [0, 0.1) is 13.8 Å². The van der Waals surface area contributed by atoms with Crippen molar-refractivity contribution in [1.29, 1.82) is 0 Å². The van der Waals surface area contributed by atoms with Crippen LogP contribution in [0.1, 0.15) is 18.1 Å². The van der Waals surface area contributed by atoms with Crippen LogP contribution >= 0.6 is 0 Å². The summed E-state index contributed by atoms with van der Waals surface area (Å²) in [6.45, 7) is 4.88. The Kier molecular flexibility index (Phi) is 2.97. The van der Waals surface area contributed by atoms with Crippen LogP contribution in [0.5, 0.6) is 0 Å². The molecule has 1 rings (SSSR count). The monoisotopic (exact) mass is 214 g/mol. The van der Waals surface area contributed by atoms with Gasteiger partial charge in [0.1, 0.15) is 0 Å². The zero-order valence-corrected chi connectivity index (χ0v) is 9.30. The van der Waals surface area contributed by atoms with Crippen LogP contribution in [0.2, 0.25) is 0 Å². The van der Waals surface area contributed by atoms with Crippen LogP contribution in [-0.2, 0) is 9.84 Å². The minimum atomic E-state index is -3.57. The predicted octanol–water partition coefficient (Wildman–Crippen LogP) is 1.42. The molecular formula is C10H14O3S. The first kappa shape index (κ1) is 11.2. The molecule has 1 aromatic carbocycles. The van der Waals surface area contributed by atoms with Gasteiger partial charge < -0.3 is 5.11 Å². The van der Waals surface area contributed by atoms with Crippen LogP contribution < -0.4 is 0 Å². The summed E-state index contributed by atoms with van der Waals surface area (Å²) in [6, 6.07) is 5.05. The number of hydrogen-bond acceptors (Lipinski definition) is 3. The Hall–Kier alpha value is -0.870.